The van der Waals surface area contributed by atoms with Gasteiger partial charge in [-0.25, -0.2) is 4.39 Å². The second-order valence-corrected chi connectivity index (χ2v) is 7.80. The summed E-state index contributed by atoms with van der Waals surface area (Å²) in [5.41, 5.74) is 0. The van der Waals surface area contributed by atoms with Crippen molar-refractivity contribution in [2.45, 2.75) is 18.9 Å². The predicted octanol–water partition coefficient (Wildman–Crippen LogP) is 4.85. The van der Waals surface area contributed by atoms with Crippen molar-refractivity contribution in [2.24, 2.45) is 0 Å². The molecule has 1 amide bonds. The van der Waals surface area contributed by atoms with Crippen LogP contribution in [-0.4, -0.2) is 30.4 Å². The Hall–Kier alpha value is -1.89. The molecular weight excluding hydrogens is 375 g/mol. The Morgan fingerprint density at radius 1 is 1.35 bits per heavy atom. The van der Waals surface area contributed by atoms with Gasteiger partial charge in [0.05, 0.1) is 17.3 Å². The summed E-state index contributed by atoms with van der Waals surface area (Å²) in [6.07, 6.45) is 3.95. The summed E-state index contributed by atoms with van der Waals surface area (Å²) in [5, 5.41) is 4.04. The van der Waals surface area contributed by atoms with Gasteiger partial charge in [0.1, 0.15) is 16.5 Å². The fourth-order valence-corrected chi connectivity index (χ4v) is 4.86. The predicted molar refractivity (Wildman–Crippen MR) is 101 cm³/mol. The lowest BCUT2D eigenvalue weighted by Gasteiger charge is -2.25. The largest absolute Gasteiger partial charge is 0.468 e. The molecule has 0 aliphatic carbocycles. The monoisotopic (exact) mass is 392 g/mol. The highest BCUT2D eigenvalue weighted by Crippen LogP contribution is 2.35. The Morgan fingerprint density at radius 2 is 2.15 bits per heavy atom. The highest BCUT2D eigenvalue weighted by molar-refractivity contribution is 7.21. The van der Waals surface area contributed by atoms with Crippen LogP contribution in [0.2, 0.25) is 5.02 Å². The maximum atomic E-state index is 13.4. The van der Waals surface area contributed by atoms with Crippen LogP contribution in [-0.2, 0) is 0 Å². The molecule has 1 N–H and O–H groups in total. The van der Waals surface area contributed by atoms with Crippen LogP contribution in [0.4, 0.5) is 4.39 Å². The Labute approximate surface area is 159 Å². The molecule has 136 valence electrons. The standard InChI is InChI=1S/C19H18ClFN2O2S/c20-17-13-6-5-12(21)10-16(13)26-18(17)19(24)22-11-14(15-4-3-9-25-15)23-7-1-2-8-23/h3-6,9-10,14H,1-2,7-8,11H2,(H,22,24)/t14-/m0/s1. The van der Waals surface area contributed by atoms with E-state index in [0.717, 1.165) is 31.7 Å². The van der Waals surface area contributed by atoms with E-state index < -0.39 is 0 Å². The highest BCUT2D eigenvalue weighted by Gasteiger charge is 2.27. The number of thiophene rings is 1. The van der Waals surface area contributed by atoms with Crippen LogP contribution in [0.5, 0.6) is 0 Å². The summed E-state index contributed by atoms with van der Waals surface area (Å²) >= 11 is 7.55. The number of benzene rings is 1. The van der Waals surface area contributed by atoms with Gasteiger partial charge >= 0.3 is 0 Å². The quantitative estimate of drug-likeness (QED) is 0.674. The van der Waals surface area contributed by atoms with Crippen molar-refractivity contribution >= 4 is 38.9 Å². The van der Waals surface area contributed by atoms with E-state index in [4.69, 9.17) is 16.0 Å². The normalized spacial score (nSPS) is 16.2. The molecule has 0 bridgehead atoms. The van der Waals surface area contributed by atoms with Crippen molar-refractivity contribution in [3.8, 4) is 0 Å². The fraction of sp³-hybridized carbons (Fsp3) is 0.316. The van der Waals surface area contributed by atoms with Crippen LogP contribution in [0.1, 0.15) is 34.3 Å². The second kappa shape index (κ2) is 7.39. The molecule has 1 aliphatic rings. The number of hydrogen-bond donors (Lipinski definition) is 1. The molecule has 7 heteroatoms. The number of furan rings is 1. The van der Waals surface area contributed by atoms with Gasteiger partial charge in [-0.3, -0.25) is 9.69 Å². The number of carbonyl (C=O) groups is 1. The average molecular weight is 393 g/mol. The number of amides is 1. The summed E-state index contributed by atoms with van der Waals surface area (Å²) in [7, 11) is 0. The third kappa shape index (κ3) is 3.37. The van der Waals surface area contributed by atoms with E-state index in [-0.39, 0.29) is 17.8 Å². The number of fused-ring (bicyclic) bond motifs is 1. The Balaban J connectivity index is 1.53. The Kier molecular flexibility index (Phi) is 4.98. The molecule has 4 rings (SSSR count). The van der Waals surface area contributed by atoms with E-state index in [1.165, 1.54) is 23.5 Å². The number of likely N-dealkylation sites (tertiary alicyclic amines) is 1. The van der Waals surface area contributed by atoms with E-state index in [9.17, 15) is 9.18 Å². The van der Waals surface area contributed by atoms with Crippen molar-refractivity contribution < 1.29 is 13.6 Å². The first kappa shape index (κ1) is 17.5. The number of rotatable bonds is 5. The molecular formula is C19H18ClFN2O2S. The van der Waals surface area contributed by atoms with Crippen LogP contribution in [0, 0.1) is 5.82 Å². The first-order valence-electron chi connectivity index (χ1n) is 8.56. The minimum absolute atomic E-state index is 0.00190. The van der Waals surface area contributed by atoms with Gasteiger partial charge in [0.25, 0.3) is 5.91 Å². The molecule has 0 radical (unpaired) electrons. The van der Waals surface area contributed by atoms with Crippen molar-refractivity contribution in [2.75, 3.05) is 19.6 Å². The molecule has 3 aromatic rings. The molecule has 1 saturated heterocycles. The molecule has 1 aliphatic heterocycles. The maximum Gasteiger partial charge on any atom is 0.263 e. The van der Waals surface area contributed by atoms with Crippen LogP contribution in [0.25, 0.3) is 10.1 Å². The lowest BCUT2D eigenvalue weighted by atomic mass is 10.2. The minimum atomic E-state index is -0.339. The van der Waals surface area contributed by atoms with Gasteiger partial charge in [-0.2, -0.15) is 0 Å². The molecule has 1 fully saturated rings. The van der Waals surface area contributed by atoms with Crippen molar-refractivity contribution in [3.05, 3.63) is 58.1 Å². The molecule has 0 spiro atoms. The fourth-order valence-electron chi connectivity index (χ4n) is 3.40. The summed E-state index contributed by atoms with van der Waals surface area (Å²) in [6.45, 7) is 2.42. The summed E-state index contributed by atoms with van der Waals surface area (Å²) in [5.74, 6) is 0.262. The summed E-state index contributed by atoms with van der Waals surface area (Å²) < 4.78 is 19.7. The number of hydrogen-bond acceptors (Lipinski definition) is 4. The molecule has 3 heterocycles. The molecule has 26 heavy (non-hydrogen) atoms. The number of carbonyl (C=O) groups excluding carboxylic acids is 1. The Bertz CT molecular complexity index is 919. The number of halogens is 2. The zero-order chi connectivity index (χ0) is 18.1. The molecule has 4 nitrogen and oxygen atoms in total. The lowest BCUT2D eigenvalue weighted by Crippen LogP contribution is -2.36. The lowest BCUT2D eigenvalue weighted by molar-refractivity contribution is 0.0938. The maximum absolute atomic E-state index is 13.4. The smallest absolute Gasteiger partial charge is 0.263 e. The van der Waals surface area contributed by atoms with E-state index in [2.05, 4.69) is 10.2 Å². The molecule has 0 unspecified atom stereocenters. The first-order valence-corrected chi connectivity index (χ1v) is 9.76. The van der Waals surface area contributed by atoms with Gasteiger partial charge < -0.3 is 9.73 Å². The van der Waals surface area contributed by atoms with Crippen molar-refractivity contribution in [3.63, 3.8) is 0 Å². The van der Waals surface area contributed by atoms with Gasteiger partial charge in [0.2, 0.25) is 0 Å². The van der Waals surface area contributed by atoms with Gasteiger partial charge in [0.15, 0.2) is 0 Å². The topological polar surface area (TPSA) is 45.5 Å². The van der Waals surface area contributed by atoms with Crippen LogP contribution < -0.4 is 5.32 Å². The number of nitrogens with one attached hydrogen (secondary N) is 1. The van der Waals surface area contributed by atoms with E-state index in [1.54, 1.807) is 12.3 Å². The molecule has 2 aromatic heterocycles. The van der Waals surface area contributed by atoms with Crippen LogP contribution in [0.15, 0.2) is 41.0 Å². The van der Waals surface area contributed by atoms with E-state index in [1.807, 2.05) is 12.1 Å². The van der Waals surface area contributed by atoms with Gasteiger partial charge in [-0.05, 0) is 56.3 Å². The van der Waals surface area contributed by atoms with E-state index >= 15 is 0 Å². The summed E-state index contributed by atoms with van der Waals surface area (Å²) in [6, 6.07) is 8.15. The summed E-state index contributed by atoms with van der Waals surface area (Å²) in [4.78, 5) is 15.4. The SMILES string of the molecule is O=C(NC[C@@H](c1ccco1)N1CCCC1)c1sc2cc(F)ccc2c1Cl. The van der Waals surface area contributed by atoms with Gasteiger partial charge in [0, 0.05) is 16.6 Å². The first-order chi connectivity index (χ1) is 12.6. The van der Waals surface area contributed by atoms with Crippen molar-refractivity contribution in [1.29, 1.82) is 0 Å². The van der Waals surface area contributed by atoms with Crippen LogP contribution in [0.3, 0.4) is 0 Å². The van der Waals surface area contributed by atoms with Gasteiger partial charge in [-0.1, -0.05) is 11.6 Å². The zero-order valence-electron chi connectivity index (χ0n) is 14.0. The van der Waals surface area contributed by atoms with E-state index in [0.29, 0.717) is 26.5 Å². The highest BCUT2D eigenvalue weighted by atomic mass is 35.5. The molecule has 1 atom stereocenters. The molecule has 0 saturated carbocycles. The molecule has 1 aromatic carbocycles. The third-order valence-electron chi connectivity index (χ3n) is 4.71. The second-order valence-electron chi connectivity index (χ2n) is 6.37. The Morgan fingerprint density at radius 3 is 2.88 bits per heavy atom. The van der Waals surface area contributed by atoms with Crippen molar-refractivity contribution in [1.82, 2.24) is 10.2 Å². The van der Waals surface area contributed by atoms with Gasteiger partial charge in [-0.15, -0.1) is 11.3 Å². The third-order valence-corrected chi connectivity index (χ3v) is 6.36. The number of nitrogens with zero attached hydrogens (tertiary/aromatic N) is 1. The minimum Gasteiger partial charge on any atom is -0.468 e. The average Bonchev–Trinajstić information content (AvgIpc) is 3.37. The zero-order valence-corrected chi connectivity index (χ0v) is 15.6. The van der Waals surface area contributed by atoms with Crippen LogP contribution >= 0.6 is 22.9 Å².